The second-order valence-electron chi connectivity index (χ2n) is 9.45. The van der Waals surface area contributed by atoms with Crippen LogP contribution in [0.3, 0.4) is 0 Å². The normalized spacial score (nSPS) is 32.1. The Morgan fingerprint density at radius 2 is 2.10 bits per heavy atom. The Morgan fingerprint density at radius 3 is 2.87 bits per heavy atom. The first kappa shape index (κ1) is 20.1. The molecule has 2 aliphatic heterocycles. The van der Waals surface area contributed by atoms with Crippen LogP contribution in [0.25, 0.3) is 0 Å². The minimum Gasteiger partial charge on any atom is -0.488 e. The first-order valence-corrected chi connectivity index (χ1v) is 11.6. The van der Waals surface area contributed by atoms with Gasteiger partial charge in [-0.05, 0) is 37.8 Å². The topological polar surface area (TPSA) is 64.1 Å². The van der Waals surface area contributed by atoms with Crippen LogP contribution in [0.4, 0.5) is 0 Å². The Kier molecular flexibility index (Phi) is 5.63. The molecule has 0 bridgehead atoms. The summed E-state index contributed by atoms with van der Waals surface area (Å²) in [4.78, 5) is 4.54. The van der Waals surface area contributed by atoms with Gasteiger partial charge in [0.05, 0.1) is 19.3 Å². The van der Waals surface area contributed by atoms with Crippen molar-refractivity contribution in [3.8, 4) is 5.75 Å². The van der Waals surface area contributed by atoms with Gasteiger partial charge in [-0.1, -0.05) is 25.0 Å². The average molecular weight is 414 g/mol. The Balaban J connectivity index is 1.24. The quantitative estimate of drug-likeness (QED) is 0.573. The Labute approximate surface area is 179 Å². The number of ether oxygens (including phenoxy) is 3. The highest BCUT2D eigenvalue weighted by Gasteiger charge is 2.65. The van der Waals surface area contributed by atoms with Gasteiger partial charge in [0.2, 0.25) is 0 Å². The molecule has 1 spiro atoms. The number of aliphatic imine (C=N–C) groups is 1. The second-order valence-corrected chi connectivity index (χ2v) is 9.45. The predicted molar refractivity (Wildman–Crippen MR) is 117 cm³/mol. The standard InChI is InChI=1S/C24H35N3O3/c1-16-5-6-17(20(13-16)30-18-7-11-28-15-18)14-26-23(25-2)27-21-19-8-12-29-22(19)24(21)9-3-4-10-24/h5-6,13,18-19,21-22H,3-4,7-12,14-15H2,1-2H3,(H2,25,26,27). The summed E-state index contributed by atoms with van der Waals surface area (Å²) in [5.41, 5.74) is 2.68. The molecule has 1 aromatic rings. The first-order chi connectivity index (χ1) is 14.7. The third-order valence-electron chi connectivity index (χ3n) is 7.65. The number of hydrogen-bond acceptors (Lipinski definition) is 4. The van der Waals surface area contributed by atoms with Crippen molar-refractivity contribution in [2.75, 3.05) is 26.9 Å². The van der Waals surface area contributed by atoms with Crippen molar-refractivity contribution in [1.29, 1.82) is 0 Å². The van der Waals surface area contributed by atoms with E-state index in [0.717, 1.165) is 36.9 Å². The molecule has 1 aromatic carbocycles. The number of hydrogen-bond donors (Lipinski definition) is 2. The van der Waals surface area contributed by atoms with Crippen LogP contribution in [0.15, 0.2) is 23.2 Å². The second kappa shape index (κ2) is 8.39. The molecule has 164 valence electrons. The number of guanidine groups is 1. The number of nitrogens with one attached hydrogen (secondary N) is 2. The van der Waals surface area contributed by atoms with Crippen molar-refractivity contribution in [3.05, 3.63) is 29.3 Å². The maximum absolute atomic E-state index is 6.26. The Hall–Kier alpha value is -1.79. The van der Waals surface area contributed by atoms with Crippen LogP contribution < -0.4 is 15.4 Å². The lowest BCUT2D eigenvalue weighted by molar-refractivity contribution is -0.125. The summed E-state index contributed by atoms with van der Waals surface area (Å²) in [5, 5.41) is 7.32. The highest BCUT2D eigenvalue weighted by molar-refractivity contribution is 5.80. The highest BCUT2D eigenvalue weighted by Crippen LogP contribution is 2.60. The maximum Gasteiger partial charge on any atom is 0.191 e. The zero-order valence-corrected chi connectivity index (χ0v) is 18.3. The van der Waals surface area contributed by atoms with Gasteiger partial charge in [0.1, 0.15) is 11.9 Å². The molecule has 0 amide bonds. The van der Waals surface area contributed by atoms with Gasteiger partial charge in [-0.15, -0.1) is 0 Å². The molecule has 4 unspecified atom stereocenters. The molecular weight excluding hydrogens is 378 g/mol. The Morgan fingerprint density at radius 1 is 1.23 bits per heavy atom. The van der Waals surface area contributed by atoms with E-state index in [1.807, 2.05) is 7.05 Å². The molecule has 2 saturated carbocycles. The fourth-order valence-corrected chi connectivity index (χ4v) is 6.13. The third kappa shape index (κ3) is 3.58. The number of rotatable bonds is 5. The van der Waals surface area contributed by atoms with Gasteiger partial charge >= 0.3 is 0 Å². The number of benzene rings is 1. The summed E-state index contributed by atoms with van der Waals surface area (Å²) in [6.45, 7) is 5.17. The molecule has 2 saturated heterocycles. The lowest BCUT2D eigenvalue weighted by Crippen LogP contribution is -2.69. The van der Waals surface area contributed by atoms with Crippen LogP contribution in [0.1, 0.15) is 49.7 Å². The molecule has 6 heteroatoms. The third-order valence-corrected chi connectivity index (χ3v) is 7.65. The minimum atomic E-state index is 0.152. The van der Waals surface area contributed by atoms with E-state index in [-0.39, 0.29) is 6.10 Å². The fourth-order valence-electron chi connectivity index (χ4n) is 6.13. The fraction of sp³-hybridized carbons (Fsp3) is 0.708. The van der Waals surface area contributed by atoms with E-state index < -0.39 is 0 Å². The highest BCUT2D eigenvalue weighted by atomic mass is 16.5. The van der Waals surface area contributed by atoms with E-state index in [4.69, 9.17) is 14.2 Å². The van der Waals surface area contributed by atoms with E-state index in [1.165, 1.54) is 37.7 Å². The van der Waals surface area contributed by atoms with Gasteiger partial charge in [0.25, 0.3) is 0 Å². The molecule has 2 aliphatic carbocycles. The summed E-state index contributed by atoms with van der Waals surface area (Å²) >= 11 is 0. The van der Waals surface area contributed by atoms with Crippen molar-refractivity contribution < 1.29 is 14.2 Å². The van der Waals surface area contributed by atoms with Gasteiger partial charge in [-0.25, -0.2) is 0 Å². The van der Waals surface area contributed by atoms with Gasteiger partial charge in [0.15, 0.2) is 5.96 Å². The molecule has 0 radical (unpaired) electrons. The summed E-state index contributed by atoms with van der Waals surface area (Å²) in [6, 6.07) is 6.91. The summed E-state index contributed by atoms with van der Waals surface area (Å²) in [5.74, 6) is 2.46. The van der Waals surface area contributed by atoms with Gasteiger partial charge in [-0.3, -0.25) is 4.99 Å². The van der Waals surface area contributed by atoms with Crippen molar-refractivity contribution in [2.45, 2.75) is 70.2 Å². The van der Waals surface area contributed by atoms with Crippen molar-refractivity contribution in [3.63, 3.8) is 0 Å². The summed E-state index contributed by atoms with van der Waals surface area (Å²) in [6.07, 6.45) is 7.95. The molecule has 0 aromatic heterocycles. The molecule has 5 rings (SSSR count). The van der Waals surface area contributed by atoms with E-state index in [0.29, 0.717) is 36.6 Å². The smallest absolute Gasteiger partial charge is 0.191 e. The first-order valence-electron chi connectivity index (χ1n) is 11.6. The van der Waals surface area contributed by atoms with Crippen LogP contribution in [0.5, 0.6) is 5.75 Å². The molecule has 2 N–H and O–H groups in total. The molecule has 30 heavy (non-hydrogen) atoms. The van der Waals surface area contributed by atoms with Crippen molar-refractivity contribution in [2.24, 2.45) is 16.3 Å². The molecule has 2 heterocycles. The lowest BCUT2D eigenvalue weighted by Gasteiger charge is -2.57. The van der Waals surface area contributed by atoms with Gasteiger partial charge < -0.3 is 24.8 Å². The van der Waals surface area contributed by atoms with Crippen molar-refractivity contribution in [1.82, 2.24) is 10.6 Å². The van der Waals surface area contributed by atoms with Gasteiger partial charge in [0, 0.05) is 49.6 Å². The minimum absolute atomic E-state index is 0.152. The average Bonchev–Trinajstić information content (AvgIpc) is 3.50. The van der Waals surface area contributed by atoms with Crippen LogP contribution >= 0.6 is 0 Å². The van der Waals surface area contributed by atoms with E-state index in [9.17, 15) is 0 Å². The molecule has 4 atom stereocenters. The van der Waals surface area contributed by atoms with E-state index >= 15 is 0 Å². The zero-order chi connectivity index (χ0) is 20.6. The van der Waals surface area contributed by atoms with Crippen LogP contribution in [-0.2, 0) is 16.0 Å². The number of fused-ring (bicyclic) bond motifs is 2. The Bertz CT molecular complexity index is 784. The molecule has 4 aliphatic rings. The van der Waals surface area contributed by atoms with Gasteiger partial charge in [-0.2, -0.15) is 0 Å². The number of aryl methyl sites for hydroxylation is 1. The summed E-state index contributed by atoms with van der Waals surface area (Å²) < 4.78 is 17.9. The van der Waals surface area contributed by atoms with E-state index in [1.54, 1.807) is 0 Å². The number of nitrogens with zero attached hydrogens (tertiary/aromatic N) is 1. The van der Waals surface area contributed by atoms with Crippen molar-refractivity contribution >= 4 is 5.96 Å². The molecular formula is C24H35N3O3. The molecule has 4 fully saturated rings. The zero-order valence-electron chi connectivity index (χ0n) is 18.3. The lowest BCUT2D eigenvalue weighted by atomic mass is 9.54. The monoisotopic (exact) mass is 413 g/mol. The maximum atomic E-state index is 6.26. The molecule has 6 nitrogen and oxygen atoms in total. The predicted octanol–water partition coefficient (Wildman–Crippen LogP) is 3.18. The largest absolute Gasteiger partial charge is 0.488 e. The van der Waals surface area contributed by atoms with Crippen LogP contribution in [-0.4, -0.2) is 51.1 Å². The van der Waals surface area contributed by atoms with Crippen LogP contribution in [0.2, 0.25) is 0 Å². The van der Waals surface area contributed by atoms with E-state index in [2.05, 4.69) is 40.7 Å². The SMILES string of the molecule is CN=C(NCc1ccc(C)cc1OC1CCOC1)NC1C2CCOC2C12CCCC2. The summed E-state index contributed by atoms with van der Waals surface area (Å²) in [7, 11) is 1.86. The van der Waals surface area contributed by atoms with Crippen LogP contribution in [0, 0.1) is 18.3 Å².